The van der Waals surface area contributed by atoms with Crippen molar-refractivity contribution in [3.05, 3.63) is 170 Å². The second-order valence-electron chi connectivity index (χ2n) is 13.7. The van der Waals surface area contributed by atoms with Crippen LogP contribution in [0.5, 0.6) is 0 Å². The van der Waals surface area contributed by atoms with Crippen LogP contribution in [-0.2, 0) is 21.1 Å². The van der Waals surface area contributed by atoms with E-state index in [4.69, 9.17) is 19.4 Å². The van der Waals surface area contributed by atoms with Crippen molar-refractivity contribution in [2.24, 2.45) is 0 Å². The molecule has 0 N–H and O–H groups in total. The summed E-state index contributed by atoms with van der Waals surface area (Å²) in [6, 6.07) is 58.5. The summed E-state index contributed by atoms with van der Waals surface area (Å²) in [5.41, 5.74) is 11.3. The van der Waals surface area contributed by atoms with Gasteiger partial charge >= 0.3 is 21.1 Å². The summed E-state index contributed by atoms with van der Waals surface area (Å²) in [4.78, 5) is 15.6. The van der Waals surface area contributed by atoms with Gasteiger partial charge in [0.25, 0.3) is 0 Å². The topological polar surface area (TPSA) is 62.9 Å². The van der Waals surface area contributed by atoms with Crippen LogP contribution in [0.2, 0.25) is 0 Å². The second-order valence-corrected chi connectivity index (χ2v) is 13.7. The summed E-state index contributed by atoms with van der Waals surface area (Å²) in [6.07, 6.45) is 1.87. The van der Waals surface area contributed by atoms with Crippen LogP contribution in [0.1, 0.15) is 0 Å². The van der Waals surface area contributed by atoms with E-state index < -0.39 is 0 Å². The van der Waals surface area contributed by atoms with Crippen molar-refractivity contribution in [3.63, 3.8) is 0 Å². The van der Waals surface area contributed by atoms with Gasteiger partial charge in [-0.05, 0) is 58.1 Å². The molecule has 0 radical (unpaired) electrons. The first-order chi connectivity index (χ1) is 26.8. The van der Waals surface area contributed by atoms with Crippen molar-refractivity contribution in [2.75, 3.05) is 0 Å². The van der Waals surface area contributed by atoms with Gasteiger partial charge in [-0.1, -0.05) is 120 Å². The van der Waals surface area contributed by atoms with Crippen molar-refractivity contribution >= 4 is 76.6 Å². The maximum absolute atomic E-state index is 6.51. The quantitative estimate of drug-likeness (QED) is 0.165. The molecule has 0 saturated heterocycles. The molecule has 0 fully saturated rings. The van der Waals surface area contributed by atoms with E-state index in [0.717, 1.165) is 111 Å². The minimum atomic E-state index is 0. The fourth-order valence-corrected chi connectivity index (χ4v) is 8.38. The summed E-state index contributed by atoms with van der Waals surface area (Å²) in [7, 11) is 0. The van der Waals surface area contributed by atoms with Crippen LogP contribution in [0, 0.1) is 6.07 Å². The first-order valence-corrected chi connectivity index (χ1v) is 18.0. The molecule has 0 unspecified atom stereocenters. The molecule has 0 aliphatic heterocycles. The van der Waals surface area contributed by atoms with Crippen LogP contribution < -0.4 is 4.98 Å². The number of nitrogens with zero attached hydrogens (tertiary/aromatic N) is 5. The molecule has 12 rings (SSSR count). The number of hydrogen-bond acceptors (Lipinski definition) is 3. The number of furan rings is 1. The zero-order chi connectivity index (χ0) is 35.3. The van der Waals surface area contributed by atoms with Crippen LogP contribution in [0.3, 0.4) is 0 Å². The van der Waals surface area contributed by atoms with Gasteiger partial charge in [0.15, 0.2) is 11.4 Å². The fourth-order valence-electron chi connectivity index (χ4n) is 8.38. The third-order valence-corrected chi connectivity index (χ3v) is 10.8. The number of fused-ring (bicyclic) bond motifs is 10. The minimum absolute atomic E-state index is 0. The third-order valence-electron chi connectivity index (χ3n) is 10.8. The van der Waals surface area contributed by atoms with Gasteiger partial charge in [-0.2, -0.15) is 0 Å². The van der Waals surface area contributed by atoms with Crippen molar-refractivity contribution < 1.29 is 25.5 Å². The molecule has 0 atom stereocenters. The van der Waals surface area contributed by atoms with Crippen LogP contribution in [0.15, 0.2) is 168 Å². The molecular weight excluding hydrogens is 858 g/mol. The van der Waals surface area contributed by atoms with Crippen molar-refractivity contribution in [1.82, 2.24) is 24.1 Å². The van der Waals surface area contributed by atoms with Crippen molar-refractivity contribution in [3.8, 4) is 34.0 Å². The van der Waals surface area contributed by atoms with Gasteiger partial charge in [0.05, 0.1) is 11.0 Å². The van der Waals surface area contributed by atoms with Gasteiger partial charge in [-0.25, -0.2) is 9.97 Å². The average molecular weight is 885 g/mol. The Balaban J connectivity index is 0.00000352. The van der Waals surface area contributed by atoms with E-state index in [1.54, 1.807) is 0 Å². The molecule has 7 heteroatoms. The predicted octanol–water partition coefficient (Wildman–Crippen LogP) is 11.8. The summed E-state index contributed by atoms with van der Waals surface area (Å²) < 4.78 is 11.0. The molecule has 12 aromatic rings. The van der Waals surface area contributed by atoms with E-state index in [1.165, 1.54) is 0 Å². The summed E-state index contributed by atoms with van der Waals surface area (Å²) in [6.45, 7) is 0. The Kier molecular flexibility index (Phi) is 7.01. The van der Waals surface area contributed by atoms with Crippen molar-refractivity contribution in [2.45, 2.75) is 0 Å². The largest absolute Gasteiger partial charge is 2.00 e. The number of imidazole rings is 1. The number of hydrogen-bond donors (Lipinski definition) is 0. The van der Waals surface area contributed by atoms with E-state index in [9.17, 15) is 0 Å². The number of aromatic nitrogens is 5. The number of benzene rings is 7. The summed E-state index contributed by atoms with van der Waals surface area (Å²) in [5.74, 6) is 1.58. The van der Waals surface area contributed by atoms with Crippen LogP contribution in [0.25, 0.3) is 111 Å². The van der Waals surface area contributed by atoms with E-state index in [0.29, 0.717) is 0 Å². The van der Waals surface area contributed by atoms with Gasteiger partial charge in [-0.3, -0.25) is 4.57 Å². The molecule has 260 valence electrons. The van der Waals surface area contributed by atoms with Gasteiger partial charge in [0, 0.05) is 33.7 Å². The number of pyridine rings is 1. The first kappa shape index (κ1) is 31.7. The van der Waals surface area contributed by atoms with E-state index in [1.807, 2.05) is 42.6 Å². The van der Waals surface area contributed by atoms with Crippen LogP contribution in [0.4, 0.5) is 0 Å². The monoisotopic (exact) mass is 884 g/mol. The maximum Gasteiger partial charge on any atom is 2.00 e. The second kappa shape index (κ2) is 12.1. The van der Waals surface area contributed by atoms with Gasteiger partial charge in [0.2, 0.25) is 0 Å². The smallest absolute Gasteiger partial charge is 0.656 e. The Morgan fingerprint density at radius 1 is 0.545 bits per heavy atom. The number of rotatable bonds is 4. The normalized spacial score (nSPS) is 11.9. The molecule has 0 aliphatic carbocycles. The van der Waals surface area contributed by atoms with Gasteiger partial charge in [-0.15, -0.1) is 34.8 Å². The predicted molar refractivity (Wildman–Crippen MR) is 219 cm³/mol. The van der Waals surface area contributed by atoms with E-state index >= 15 is 0 Å². The summed E-state index contributed by atoms with van der Waals surface area (Å²) >= 11 is 0. The average Bonchev–Trinajstić information content (AvgIpc) is 4.00. The van der Waals surface area contributed by atoms with Gasteiger partial charge in [0.1, 0.15) is 11.4 Å². The van der Waals surface area contributed by atoms with Gasteiger partial charge < -0.3 is 14.0 Å². The Bertz CT molecular complexity index is 3460. The molecule has 0 saturated carbocycles. The molecule has 0 spiro atoms. The third kappa shape index (κ3) is 4.59. The molecule has 0 aliphatic rings. The molecule has 5 aromatic heterocycles. The molecule has 7 aromatic carbocycles. The molecular formula is C48H27N5OPt. The molecule has 55 heavy (non-hydrogen) atoms. The van der Waals surface area contributed by atoms with Crippen LogP contribution >= 0.6 is 0 Å². The Morgan fingerprint density at radius 3 is 2.18 bits per heavy atom. The standard InChI is InChI=1S/C48H27N5O.Pt/c1-2-12-30(13-3-1)52-41-22-11-17-31(45(41)51-47(52)38-19-10-18-36-32-14-4-7-20-39(32)50-44(36)38)29-24-25-34-33-15-5-8-21-40(33)53(42(34)28-29)48-46-37(26-27-49-48)35-16-6-9-23-43(35)54-46;/h1-27H;/q-2;+2. The zero-order valence-electron chi connectivity index (χ0n) is 29.0. The number of para-hydroxylation sites is 6. The Labute approximate surface area is 328 Å². The Morgan fingerprint density at radius 2 is 1.27 bits per heavy atom. The fraction of sp³-hybridized carbons (Fsp3) is 0. The summed E-state index contributed by atoms with van der Waals surface area (Å²) in [5, 5.41) is 6.58. The van der Waals surface area contributed by atoms with Crippen molar-refractivity contribution in [1.29, 1.82) is 0 Å². The minimum Gasteiger partial charge on any atom is -0.656 e. The Hall–Kier alpha value is -6.75. The van der Waals surface area contributed by atoms with Crippen LogP contribution in [-0.4, -0.2) is 19.1 Å². The van der Waals surface area contributed by atoms with E-state index in [2.05, 4.69) is 137 Å². The maximum atomic E-state index is 6.51. The molecule has 6 nitrogen and oxygen atoms in total. The molecule has 5 heterocycles. The zero-order valence-corrected chi connectivity index (χ0v) is 31.3. The molecule has 0 bridgehead atoms. The SMILES string of the molecule is [Pt+2].[c-]1c(-c2cccc3c2nc(-c2cccc4c2[n-]c2ccccc24)n3-c2ccccc2)ccc2c3ccccc3n(-c3nccc4c3oc3ccccc34)c12. The van der Waals surface area contributed by atoms with E-state index in [-0.39, 0.29) is 21.1 Å². The molecule has 0 amide bonds. The first-order valence-electron chi connectivity index (χ1n) is 18.0.